The Labute approximate surface area is 242 Å². The fraction of sp³-hybridized carbons (Fsp3) is 0.645. The van der Waals surface area contributed by atoms with Gasteiger partial charge in [0.2, 0.25) is 15.9 Å². The lowest BCUT2D eigenvalue weighted by Gasteiger charge is -2.38. The minimum absolute atomic E-state index is 0.0650. The molecular formula is C31H43F2N3O4S. The number of amides is 1. The van der Waals surface area contributed by atoms with Gasteiger partial charge in [-0.05, 0) is 94.1 Å². The third-order valence-electron chi connectivity index (χ3n) is 9.22. The number of halogens is 2. The summed E-state index contributed by atoms with van der Waals surface area (Å²) in [4.78, 5) is 13.5. The smallest absolute Gasteiger partial charge is 0.224 e. The molecule has 0 aromatic heterocycles. The molecule has 3 saturated heterocycles. The second kappa shape index (κ2) is 13.0. The average molecular weight is 592 g/mol. The van der Waals surface area contributed by atoms with Crippen LogP contribution in [-0.2, 0) is 19.6 Å². The molecule has 8 atom stereocenters. The van der Waals surface area contributed by atoms with Crippen LogP contribution in [-0.4, -0.2) is 67.9 Å². The molecule has 4 aliphatic rings. The van der Waals surface area contributed by atoms with E-state index in [2.05, 4.69) is 10.6 Å². The summed E-state index contributed by atoms with van der Waals surface area (Å²) in [5, 5.41) is 6.48. The third kappa shape index (κ3) is 7.45. The van der Waals surface area contributed by atoms with Crippen molar-refractivity contribution < 1.29 is 26.7 Å². The predicted octanol–water partition coefficient (Wildman–Crippen LogP) is 4.57. The maximum absolute atomic E-state index is 15.2. The lowest BCUT2D eigenvalue weighted by Crippen LogP contribution is -2.57. The summed E-state index contributed by atoms with van der Waals surface area (Å²) in [5.74, 6) is -0.878. The third-order valence-corrected chi connectivity index (χ3v) is 11.2. The van der Waals surface area contributed by atoms with Gasteiger partial charge in [0.1, 0.15) is 12.0 Å². The second-order valence-corrected chi connectivity index (χ2v) is 14.4. The van der Waals surface area contributed by atoms with Crippen LogP contribution in [0.1, 0.15) is 70.3 Å². The highest BCUT2D eigenvalue weighted by atomic mass is 32.2. The number of nitrogens with zero attached hydrogens (tertiary/aromatic N) is 1. The van der Waals surface area contributed by atoms with Crippen LogP contribution in [0.4, 0.5) is 8.78 Å². The van der Waals surface area contributed by atoms with Gasteiger partial charge in [0.15, 0.2) is 0 Å². The van der Waals surface area contributed by atoms with E-state index in [1.165, 1.54) is 18.2 Å². The molecule has 7 nitrogen and oxygen atoms in total. The molecule has 226 valence electrons. The fourth-order valence-electron chi connectivity index (χ4n) is 7.22. The molecule has 3 unspecified atom stereocenters. The van der Waals surface area contributed by atoms with E-state index in [1.54, 1.807) is 28.6 Å². The van der Waals surface area contributed by atoms with Crippen molar-refractivity contribution in [2.45, 2.75) is 95.2 Å². The van der Waals surface area contributed by atoms with Crippen LogP contribution in [0.25, 0.3) is 0 Å². The standard InChI is InChI=1S/C31H43F2N3O4S/c1-20-15-23(16-21(2)40-20)28(22-8-10-24(32)11-9-22)17-31(37)35-30-7-3-6-29(33)27(30)13-12-26-18-34-25-5-4-14-41(38,39)36(26)19-25/h3,6-11,20-21,23,25-29,34H,4-5,12-19H2,1-2H3,(H,35,37)/t20-,21-,25-,26+,27?,28+,29?/m1/s1. The molecule has 10 heteroatoms. The predicted molar refractivity (Wildman–Crippen MR) is 155 cm³/mol. The van der Waals surface area contributed by atoms with Crippen molar-refractivity contribution in [2.75, 3.05) is 18.8 Å². The van der Waals surface area contributed by atoms with Crippen LogP contribution >= 0.6 is 0 Å². The summed E-state index contributed by atoms with van der Waals surface area (Å²) in [7, 11) is -3.33. The van der Waals surface area contributed by atoms with E-state index in [4.69, 9.17) is 4.74 Å². The first-order valence-electron chi connectivity index (χ1n) is 15.0. The number of alkyl halides is 1. The number of hydrogen-bond acceptors (Lipinski definition) is 5. The van der Waals surface area contributed by atoms with Crippen molar-refractivity contribution in [2.24, 2.45) is 11.8 Å². The highest BCUT2D eigenvalue weighted by molar-refractivity contribution is 7.89. The van der Waals surface area contributed by atoms with Crippen molar-refractivity contribution >= 4 is 15.9 Å². The number of carbonyl (C=O) groups is 1. The molecule has 2 N–H and O–H groups in total. The monoisotopic (exact) mass is 591 g/mol. The van der Waals surface area contributed by atoms with E-state index in [9.17, 15) is 17.6 Å². The molecule has 1 aliphatic carbocycles. The van der Waals surface area contributed by atoms with Crippen LogP contribution in [0.3, 0.4) is 0 Å². The molecule has 1 aromatic rings. The zero-order valence-corrected chi connectivity index (χ0v) is 24.8. The van der Waals surface area contributed by atoms with Gasteiger partial charge in [0.25, 0.3) is 0 Å². The number of allylic oxidation sites excluding steroid dienone is 4. The fourth-order valence-corrected chi connectivity index (χ4v) is 9.03. The Morgan fingerprint density at radius 1 is 1.17 bits per heavy atom. The molecule has 3 aliphatic heterocycles. The molecule has 1 aromatic carbocycles. The summed E-state index contributed by atoms with van der Waals surface area (Å²) < 4.78 is 62.3. The SMILES string of the molecule is C[C@@H]1CC([C@@H](CC(=O)NC2=CC=CC(F)C2CC[C@H]2CN[C@@H]3CCCS(=O)(=O)N2C3)c2ccc(F)cc2)C[C@@H](C)O1. The van der Waals surface area contributed by atoms with Gasteiger partial charge in [-0.3, -0.25) is 4.79 Å². The van der Waals surface area contributed by atoms with E-state index in [0.717, 1.165) is 24.8 Å². The van der Waals surface area contributed by atoms with Gasteiger partial charge in [0, 0.05) is 43.2 Å². The van der Waals surface area contributed by atoms with E-state index in [0.29, 0.717) is 38.0 Å². The summed E-state index contributed by atoms with van der Waals surface area (Å²) in [6.45, 7) is 5.09. The largest absolute Gasteiger partial charge is 0.376 e. The topological polar surface area (TPSA) is 87.7 Å². The second-order valence-electron chi connectivity index (χ2n) is 12.3. The van der Waals surface area contributed by atoms with Crippen molar-refractivity contribution in [1.29, 1.82) is 0 Å². The number of benzene rings is 1. The van der Waals surface area contributed by atoms with E-state index >= 15 is 4.39 Å². The van der Waals surface area contributed by atoms with Gasteiger partial charge in [-0.2, -0.15) is 4.31 Å². The van der Waals surface area contributed by atoms with Crippen molar-refractivity contribution in [3.63, 3.8) is 0 Å². The first-order valence-corrected chi connectivity index (χ1v) is 16.7. The van der Waals surface area contributed by atoms with Crippen LogP contribution < -0.4 is 10.6 Å². The number of rotatable bonds is 8. The first-order chi connectivity index (χ1) is 19.6. The molecule has 0 saturated carbocycles. The van der Waals surface area contributed by atoms with Gasteiger partial charge in [-0.15, -0.1) is 0 Å². The quantitative estimate of drug-likeness (QED) is 0.463. The van der Waals surface area contributed by atoms with E-state index < -0.39 is 22.1 Å². The zero-order chi connectivity index (χ0) is 29.1. The van der Waals surface area contributed by atoms with Crippen LogP contribution in [0, 0.1) is 17.7 Å². The Kier molecular flexibility index (Phi) is 9.63. The summed E-state index contributed by atoms with van der Waals surface area (Å²) >= 11 is 0. The molecule has 3 fully saturated rings. The highest BCUT2D eigenvalue weighted by Crippen LogP contribution is 2.39. The molecule has 1 amide bonds. The maximum Gasteiger partial charge on any atom is 0.224 e. The number of carbonyl (C=O) groups excluding carboxylic acids is 1. The normalized spacial score (nSPS) is 35.7. The number of ether oxygens (including phenoxy) is 1. The molecule has 41 heavy (non-hydrogen) atoms. The molecule has 5 rings (SSSR count). The van der Waals surface area contributed by atoms with Crippen LogP contribution in [0.15, 0.2) is 48.2 Å². The Balaban J connectivity index is 1.26. The van der Waals surface area contributed by atoms with Crippen molar-refractivity contribution in [3.8, 4) is 0 Å². The van der Waals surface area contributed by atoms with Gasteiger partial charge < -0.3 is 15.4 Å². The molecule has 0 spiro atoms. The molecular weight excluding hydrogens is 548 g/mol. The number of piperazine rings is 1. The lowest BCUT2D eigenvalue weighted by atomic mass is 9.76. The van der Waals surface area contributed by atoms with Crippen LogP contribution in [0.5, 0.6) is 0 Å². The van der Waals surface area contributed by atoms with Crippen molar-refractivity contribution in [3.05, 3.63) is 59.6 Å². The number of sulfonamides is 1. The lowest BCUT2D eigenvalue weighted by molar-refractivity contribution is -0.122. The minimum atomic E-state index is -3.33. The Hall–Kier alpha value is -2.14. The number of hydrogen-bond donors (Lipinski definition) is 2. The molecule has 0 radical (unpaired) electrons. The molecule has 3 heterocycles. The van der Waals surface area contributed by atoms with Gasteiger partial charge >= 0.3 is 0 Å². The zero-order valence-electron chi connectivity index (χ0n) is 24.0. The summed E-state index contributed by atoms with van der Waals surface area (Å²) in [6, 6.07) is 6.29. The summed E-state index contributed by atoms with van der Waals surface area (Å²) in [5.41, 5.74) is 1.43. The Morgan fingerprint density at radius 3 is 2.63 bits per heavy atom. The Morgan fingerprint density at radius 2 is 1.90 bits per heavy atom. The van der Waals surface area contributed by atoms with Gasteiger partial charge in [-0.1, -0.05) is 18.2 Å². The minimum Gasteiger partial charge on any atom is -0.376 e. The average Bonchev–Trinajstić information content (AvgIpc) is 3.03. The van der Waals surface area contributed by atoms with Crippen molar-refractivity contribution in [1.82, 2.24) is 14.9 Å². The first kappa shape index (κ1) is 30.3. The maximum atomic E-state index is 15.2. The van der Waals surface area contributed by atoms with Gasteiger partial charge in [-0.25, -0.2) is 17.2 Å². The highest BCUT2D eigenvalue weighted by Gasteiger charge is 2.39. The van der Waals surface area contributed by atoms with Gasteiger partial charge in [0.05, 0.1) is 18.0 Å². The summed E-state index contributed by atoms with van der Waals surface area (Å²) in [6.07, 6.45) is 7.92. The molecule has 2 bridgehead atoms. The van der Waals surface area contributed by atoms with E-state index in [-0.39, 0.29) is 60.0 Å². The van der Waals surface area contributed by atoms with Crippen LogP contribution in [0.2, 0.25) is 0 Å². The Bertz CT molecular complexity index is 1230. The number of nitrogens with one attached hydrogen (secondary N) is 2. The van der Waals surface area contributed by atoms with E-state index in [1.807, 2.05) is 13.8 Å². The number of fused-ring (bicyclic) bond motifs is 2.